The number of rotatable bonds is 3. The van der Waals surface area contributed by atoms with Crippen LogP contribution in [-0.2, 0) is 6.54 Å². The molecule has 4 nitrogen and oxygen atoms in total. The molecule has 0 radical (unpaired) electrons. The number of carbonyl (C=O) groups is 1. The molecule has 0 saturated carbocycles. The summed E-state index contributed by atoms with van der Waals surface area (Å²) in [7, 11) is 0. The molecular formula is C13H12Cl2N2O2S. The lowest BCUT2D eigenvalue weighted by atomic mass is 10.2. The average molecular weight is 331 g/mol. The van der Waals surface area contributed by atoms with E-state index in [1.165, 1.54) is 6.07 Å². The van der Waals surface area contributed by atoms with Gasteiger partial charge in [0.15, 0.2) is 0 Å². The molecule has 20 heavy (non-hydrogen) atoms. The molecule has 0 saturated heterocycles. The Hall–Kier alpha value is -1.30. The molecule has 1 amide bonds. The molecule has 0 unspecified atom stereocenters. The van der Waals surface area contributed by atoms with Crippen molar-refractivity contribution in [1.29, 1.82) is 0 Å². The fourth-order valence-electron chi connectivity index (χ4n) is 1.74. The van der Waals surface area contributed by atoms with Gasteiger partial charge in [-0.2, -0.15) is 0 Å². The van der Waals surface area contributed by atoms with E-state index in [-0.39, 0.29) is 11.5 Å². The summed E-state index contributed by atoms with van der Waals surface area (Å²) in [5.74, 6) is -0.301. The number of hydrogen-bond donors (Lipinski definition) is 1. The largest absolute Gasteiger partial charge is 0.320 e. The van der Waals surface area contributed by atoms with E-state index in [0.717, 1.165) is 11.3 Å². The number of hydrogen-bond acceptors (Lipinski definition) is 3. The molecule has 7 heteroatoms. The van der Waals surface area contributed by atoms with Crippen molar-refractivity contribution in [2.75, 3.05) is 5.32 Å². The molecule has 2 heterocycles. The summed E-state index contributed by atoms with van der Waals surface area (Å²) in [4.78, 5) is 24.3. The number of nitrogens with one attached hydrogen (secondary N) is 1. The maximum absolute atomic E-state index is 12.1. The lowest BCUT2D eigenvalue weighted by molar-refractivity contribution is 0.103. The molecule has 0 aromatic carbocycles. The molecule has 0 bridgehead atoms. The first kappa shape index (κ1) is 15.1. The van der Waals surface area contributed by atoms with E-state index >= 15 is 0 Å². The van der Waals surface area contributed by atoms with E-state index in [1.54, 1.807) is 23.8 Å². The van der Waals surface area contributed by atoms with Crippen LogP contribution in [-0.4, -0.2) is 10.5 Å². The van der Waals surface area contributed by atoms with Crippen LogP contribution in [0.5, 0.6) is 0 Å². The lowest BCUT2D eigenvalue weighted by Gasteiger charge is -2.09. The van der Waals surface area contributed by atoms with Crippen molar-refractivity contribution in [3.63, 3.8) is 0 Å². The van der Waals surface area contributed by atoms with Gasteiger partial charge in [0.25, 0.3) is 11.5 Å². The Morgan fingerprint density at radius 1 is 1.40 bits per heavy atom. The van der Waals surface area contributed by atoms with Crippen LogP contribution in [0, 0.1) is 6.92 Å². The maximum Gasteiger partial charge on any atom is 0.265 e. The van der Waals surface area contributed by atoms with E-state index in [0.29, 0.717) is 32.0 Å². The van der Waals surface area contributed by atoms with Crippen LogP contribution in [0.25, 0.3) is 0 Å². The molecule has 2 aromatic rings. The minimum atomic E-state index is -0.301. The average Bonchev–Trinajstić information content (AvgIpc) is 2.74. The topological polar surface area (TPSA) is 51.1 Å². The van der Waals surface area contributed by atoms with Gasteiger partial charge in [0.05, 0.1) is 15.6 Å². The second kappa shape index (κ2) is 5.99. The molecular weight excluding hydrogens is 319 g/mol. The zero-order valence-electron chi connectivity index (χ0n) is 10.9. The lowest BCUT2D eigenvalue weighted by Crippen LogP contribution is -2.22. The Kier molecular flexibility index (Phi) is 4.52. The Balaban J connectivity index is 2.28. The third-order valence-electron chi connectivity index (χ3n) is 2.73. The summed E-state index contributed by atoms with van der Waals surface area (Å²) in [6.07, 6.45) is 1.62. The van der Waals surface area contributed by atoms with Gasteiger partial charge in [-0.1, -0.05) is 23.2 Å². The van der Waals surface area contributed by atoms with Gasteiger partial charge in [0.2, 0.25) is 0 Å². The number of amides is 1. The molecule has 0 atom stereocenters. The van der Waals surface area contributed by atoms with Crippen molar-refractivity contribution in [2.24, 2.45) is 0 Å². The van der Waals surface area contributed by atoms with Crippen molar-refractivity contribution < 1.29 is 4.79 Å². The molecule has 1 N–H and O–H groups in total. The van der Waals surface area contributed by atoms with Gasteiger partial charge >= 0.3 is 0 Å². The van der Waals surface area contributed by atoms with Gasteiger partial charge in [-0.3, -0.25) is 9.59 Å². The summed E-state index contributed by atoms with van der Waals surface area (Å²) >= 11 is 12.8. The Morgan fingerprint density at radius 2 is 2.10 bits per heavy atom. The summed E-state index contributed by atoms with van der Waals surface area (Å²) in [6.45, 7) is 4.12. The molecule has 2 aromatic heterocycles. The number of halogens is 2. The molecule has 0 aliphatic heterocycles. The molecule has 2 rings (SSSR count). The van der Waals surface area contributed by atoms with Crippen LogP contribution in [0.3, 0.4) is 0 Å². The van der Waals surface area contributed by atoms with Crippen molar-refractivity contribution >= 4 is 46.1 Å². The summed E-state index contributed by atoms with van der Waals surface area (Å²) in [6, 6.07) is 3.16. The number of pyridine rings is 1. The van der Waals surface area contributed by atoms with Gasteiger partial charge in [-0.15, -0.1) is 11.3 Å². The van der Waals surface area contributed by atoms with Gasteiger partial charge in [0.1, 0.15) is 4.34 Å². The zero-order valence-corrected chi connectivity index (χ0v) is 13.2. The minimum Gasteiger partial charge on any atom is -0.320 e. The summed E-state index contributed by atoms with van der Waals surface area (Å²) < 4.78 is 1.92. The van der Waals surface area contributed by atoms with E-state index in [9.17, 15) is 9.59 Å². The number of anilines is 1. The van der Waals surface area contributed by atoms with Crippen LogP contribution in [0.4, 0.5) is 5.69 Å². The first-order valence-electron chi connectivity index (χ1n) is 5.89. The summed E-state index contributed by atoms with van der Waals surface area (Å²) in [5.41, 5.74) is 1.08. The number of nitrogens with zero attached hydrogens (tertiary/aromatic N) is 1. The van der Waals surface area contributed by atoms with E-state index in [4.69, 9.17) is 23.2 Å². The second-order valence-corrected chi connectivity index (χ2v) is 6.25. The highest BCUT2D eigenvalue weighted by molar-refractivity contribution is 7.18. The van der Waals surface area contributed by atoms with Crippen LogP contribution in [0.2, 0.25) is 9.36 Å². The first-order valence-corrected chi connectivity index (χ1v) is 7.47. The highest BCUT2D eigenvalue weighted by Crippen LogP contribution is 2.31. The third kappa shape index (κ3) is 3.06. The minimum absolute atomic E-state index is 0.0623. The predicted octanol–water partition coefficient (Wildman–Crippen LogP) is 3.80. The van der Waals surface area contributed by atoms with Crippen LogP contribution < -0.4 is 10.9 Å². The monoisotopic (exact) mass is 330 g/mol. The van der Waals surface area contributed by atoms with Crippen molar-refractivity contribution in [3.8, 4) is 0 Å². The number of aryl methyl sites for hydroxylation is 2. The Morgan fingerprint density at radius 3 is 2.65 bits per heavy atom. The number of carbonyl (C=O) groups excluding carboxylic acids is 1. The first-order chi connectivity index (χ1) is 9.42. The molecule has 0 aliphatic carbocycles. The normalized spacial score (nSPS) is 10.6. The van der Waals surface area contributed by atoms with E-state index in [2.05, 4.69) is 5.32 Å². The van der Waals surface area contributed by atoms with Crippen molar-refractivity contribution in [2.45, 2.75) is 20.4 Å². The highest BCUT2D eigenvalue weighted by atomic mass is 35.5. The van der Waals surface area contributed by atoms with Gasteiger partial charge < -0.3 is 9.88 Å². The van der Waals surface area contributed by atoms with Gasteiger partial charge in [-0.25, -0.2) is 0 Å². The second-order valence-electron chi connectivity index (χ2n) is 4.19. The standard InChI is InChI=1S/C13H12Cl2N2O2S/c1-3-17-6-8(4-7(2)13(17)19)16-12(18)10-5-9(14)11(15)20-10/h4-6H,3H2,1-2H3,(H,16,18). The zero-order chi connectivity index (χ0) is 14.9. The van der Waals surface area contributed by atoms with Gasteiger partial charge in [-0.05, 0) is 26.0 Å². The van der Waals surface area contributed by atoms with Crippen LogP contribution in [0.15, 0.2) is 23.1 Å². The summed E-state index contributed by atoms with van der Waals surface area (Å²) in [5, 5.41) is 3.09. The number of thiophene rings is 1. The fourth-order valence-corrected chi connectivity index (χ4v) is 3.00. The number of aromatic nitrogens is 1. The van der Waals surface area contributed by atoms with E-state index in [1.807, 2.05) is 6.92 Å². The Bertz CT molecular complexity index is 702. The predicted molar refractivity (Wildman–Crippen MR) is 83.4 cm³/mol. The van der Waals surface area contributed by atoms with Crippen LogP contribution >= 0.6 is 34.5 Å². The molecule has 0 spiro atoms. The fraction of sp³-hybridized carbons (Fsp3) is 0.231. The van der Waals surface area contributed by atoms with Gasteiger partial charge in [0, 0.05) is 18.3 Å². The molecule has 0 aliphatic rings. The highest BCUT2D eigenvalue weighted by Gasteiger charge is 2.13. The third-order valence-corrected chi connectivity index (χ3v) is 4.60. The quantitative estimate of drug-likeness (QED) is 0.930. The smallest absolute Gasteiger partial charge is 0.265 e. The SMILES string of the molecule is CCn1cc(NC(=O)c2cc(Cl)c(Cl)s2)cc(C)c1=O. The van der Waals surface area contributed by atoms with Crippen molar-refractivity contribution in [1.82, 2.24) is 4.57 Å². The Labute approximate surface area is 129 Å². The van der Waals surface area contributed by atoms with E-state index < -0.39 is 0 Å². The maximum atomic E-state index is 12.1. The molecule has 0 fully saturated rings. The van der Waals surface area contributed by atoms with Crippen LogP contribution in [0.1, 0.15) is 22.2 Å². The van der Waals surface area contributed by atoms with Crippen molar-refractivity contribution in [3.05, 3.63) is 48.5 Å². The molecule has 106 valence electrons.